The molecule has 0 spiro atoms. The second kappa shape index (κ2) is 9.83. The number of benzene rings is 2. The van der Waals surface area contributed by atoms with Crippen LogP contribution in [0, 0.1) is 0 Å². The number of esters is 1. The van der Waals surface area contributed by atoms with Gasteiger partial charge in [-0.15, -0.1) is 0 Å². The minimum absolute atomic E-state index is 0.147. The van der Waals surface area contributed by atoms with Gasteiger partial charge in [0.1, 0.15) is 0 Å². The molecule has 0 saturated carbocycles. The van der Waals surface area contributed by atoms with Gasteiger partial charge in [-0.3, -0.25) is 4.79 Å². The summed E-state index contributed by atoms with van der Waals surface area (Å²) in [6.45, 7) is 6.82. The second-order valence-corrected chi connectivity index (χ2v) is 10.8. The summed E-state index contributed by atoms with van der Waals surface area (Å²) >= 11 is 0. The predicted molar refractivity (Wildman–Crippen MR) is 121 cm³/mol. The molecule has 7 nitrogen and oxygen atoms in total. The Labute approximate surface area is 190 Å². The van der Waals surface area contributed by atoms with Crippen molar-refractivity contribution in [1.29, 1.82) is 0 Å². The van der Waals surface area contributed by atoms with Crippen LogP contribution in [0.15, 0.2) is 59.5 Å². The molecule has 3 rings (SSSR count). The molecule has 0 bridgehead atoms. The molecule has 2 aromatic carbocycles. The first-order chi connectivity index (χ1) is 15.1. The van der Waals surface area contributed by atoms with E-state index in [2.05, 4.69) is 0 Å². The molecule has 0 unspecified atom stereocenters. The highest BCUT2D eigenvalue weighted by molar-refractivity contribution is 7.89. The van der Waals surface area contributed by atoms with E-state index < -0.39 is 28.1 Å². The van der Waals surface area contributed by atoms with Crippen LogP contribution >= 0.6 is 0 Å². The number of carbonyl (C=O) groups excluding carboxylic acids is 2. The number of amides is 1. The Balaban J connectivity index is 1.63. The van der Waals surface area contributed by atoms with Crippen LogP contribution in [0.5, 0.6) is 0 Å². The van der Waals surface area contributed by atoms with Gasteiger partial charge < -0.3 is 9.64 Å². The van der Waals surface area contributed by atoms with Gasteiger partial charge >= 0.3 is 5.97 Å². The normalized spacial score (nSPS) is 14.8. The maximum atomic E-state index is 12.8. The van der Waals surface area contributed by atoms with Crippen molar-refractivity contribution in [3.8, 4) is 0 Å². The van der Waals surface area contributed by atoms with Gasteiger partial charge in [-0.2, -0.15) is 4.31 Å². The topological polar surface area (TPSA) is 84.0 Å². The number of nitrogens with zero attached hydrogens (tertiary/aromatic N) is 2. The summed E-state index contributed by atoms with van der Waals surface area (Å²) in [6, 6.07) is 15.3. The maximum absolute atomic E-state index is 12.8. The van der Waals surface area contributed by atoms with E-state index >= 15 is 0 Å². The molecule has 0 N–H and O–H groups in total. The van der Waals surface area contributed by atoms with Gasteiger partial charge in [0.15, 0.2) is 6.61 Å². The molecule has 1 aliphatic rings. The molecule has 1 aliphatic heterocycles. The van der Waals surface area contributed by atoms with E-state index in [4.69, 9.17) is 4.74 Å². The SMILES string of the molecule is CC(C)(C)N(Cc1ccccc1)C(=O)COC(=O)c1ccc(S(=O)(=O)N2CCCC2)cc1. The van der Waals surface area contributed by atoms with Crippen molar-refractivity contribution >= 4 is 21.9 Å². The summed E-state index contributed by atoms with van der Waals surface area (Å²) in [4.78, 5) is 27.1. The summed E-state index contributed by atoms with van der Waals surface area (Å²) in [6.07, 6.45) is 1.71. The lowest BCUT2D eigenvalue weighted by Gasteiger charge is -2.35. The van der Waals surface area contributed by atoms with Gasteiger partial charge in [0.25, 0.3) is 5.91 Å². The average Bonchev–Trinajstić information content (AvgIpc) is 3.31. The van der Waals surface area contributed by atoms with E-state index in [1.807, 2.05) is 51.1 Å². The number of hydrogen-bond acceptors (Lipinski definition) is 5. The lowest BCUT2D eigenvalue weighted by Crippen LogP contribution is -2.46. The third-order valence-electron chi connectivity index (χ3n) is 5.41. The summed E-state index contributed by atoms with van der Waals surface area (Å²) < 4.78 is 31.9. The van der Waals surface area contributed by atoms with Crippen molar-refractivity contribution in [2.75, 3.05) is 19.7 Å². The van der Waals surface area contributed by atoms with Crippen LogP contribution in [0.2, 0.25) is 0 Å². The zero-order valence-corrected chi connectivity index (χ0v) is 19.6. The molecular formula is C24H30N2O5S. The molecule has 1 fully saturated rings. The molecule has 1 amide bonds. The fraction of sp³-hybridized carbons (Fsp3) is 0.417. The molecule has 0 aromatic heterocycles. The lowest BCUT2D eigenvalue weighted by molar-refractivity contribution is -0.140. The first-order valence-electron chi connectivity index (χ1n) is 10.7. The van der Waals surface area contributed by atoms with Crippen molar-refractivity contribution in [2.45, 2.75) is 50.6 Å². The minimum Gasteiger partial charge on any atom is -0.452 e. The molecule has 8 heteroatoms. The number of hydrogen-bond donors (Lipinski definition) is 0. The highest BCUT2D eigenvalue weighted by Crippen LogP contribution is 2.22. The molecule has 172 valence electrons. The third-order valence-corrected chi connectivity index (χ3v) is 7.33. The second-order valence-electron chi connectivity index (χ2n) is 8.85. The number of ether oxygens (including phenoxy) is 1. The van der Waals surface area contributed by atoms with Gasteiger partial charge in [-0.1, -0.05) is 30.3 Å². The number of sulfonamides is 1. The molecule has 0 radical (unpaired) electrons. The first-order valence-corrected chi connectivity index (χ1v) is 12.1. The van der Waals surface area contributed by atoms with Crippen LogP contribution in [-0.2, 0) is 26.1 Å². The van der Waals surface area contributed by atoms with Gasteiger partial charge in [-0.05, 0) is 63.4 Å². The Kier molecular flexibility index (Phi) is 7.36. The zero-order valence-electron chi connectivity index (χ0n) is 18.8. The lowest BCUT2D eigenvalue weighted by atomic mass is 10.0. The van der Waals surface area contributed by atoms with Gasteiger partial charge in [0, 0.05) is 25.2 Å². The maximum Gasteiger partial charge on any atom is 0.338 e. The summed E-state index contributed by atoms with van der Waals surface area (Å²) in [7, 11) is -3.54. The molecule has 0 atom stereocenters. The monoisotopic (exact) mass is 458 g/mol. The molecule has 2 aromatic rings. The van der Waals surface area contributed by atoms with Crippen LogP contribution in [-0.4, -0.2) is 54.7 Å². The molecule has 0 aliphatic carbocycles. The van der Waals surface area contributed by atoms with Crippen molar-refractivity contribution < 1.29 is 22.7 Å². The Hall–Kier alpha value is -2.71. The largest absolute Gasteiger partial charge is 0.452 e. The molecular weight excluding hydrogens is 428 g/mol. The van der Waals surface area contributed by atoms with E-state index in [9.17, 15) is 18.0 Å². The smallest absolute Gasteiger partial charge is 0.338 e. The molecule has 1 saturated heterocycles. The van der Waals surface area contributed by atoms with Crippen LogP contribution in [0.25, 0.3) is 0 Å². The zero-order chi connectivity index (χ0) is 23.4. The van der Waals surface area contributed by atoms with E-state index in [1.54, 1.807) is 4.90 Å². The fourth-order valence-electron chi connectivity index (χ4n) is 3.59. The van der Waals surface area contributed by atoms with E-state index in [1.165, 1.54) is 28.6 Å². The Morgan fingerprint density at radius 2 is 1.56 bits per heavy atom. The first kappa shape index (κ1) is 23.9. The molecule has 32 heavy (non-hydrogen) atoms. The van der Waals surface area contributed by atoms with Crippen LogP contribution in [0.4, 0.5) is 0 Å². The Morgan fingerprint density at radius 1 is 0.969 bits per heavy atom. The van der Waals surface area contributed by atoms with E-state index in [-0.39, 0.29) is 16.4 Å². The summed E-state index contributed by atoms with van der Waals surface area (Å²) in [5.74, 6) is -0.972. The summed E-state index contributed by atoms with van der Waals surface area (Å²) in [5, 5.41) is 0. The van der Waals surface area contributed by atoms with Crippen molar-refractivity contribution in [3.05, 3.63) is 65.7 Å². The van der Waals surface area contributed by atoms with E-state index in [0.29, 0.717) is 19.6 Å². The van der Waals surface area contributed by atoms with Crippen molar-refractivity contribution in [3.63, 3.8) is 0 Å². The Morgan fingerprint density at radius 3 is 2.12 bits per heavy atom. The number of carbonyl (C=O) groups is 2. The standard InChI is InChI=1S/C24H30N2O5S/c1-24(2,3)26(17-19-9-5-4-6-10-19)22(27)18-31-23(28)20-11-13-21(14-12-20)32(29,30)25-15-7-8-16-25/h4-6,9-14H,7-8,15-18H2,1-3H3. The number of rotatable bonds is 7. The average molecular weight is 459 g/mol. The van der Waals surface area contributed by atoms with Crippen molar-refractivity contribution in [2.24, 2.45) is 0 Å². The predicted octanol–water partition coefficient (Wildman–Crippen LogP) is 3.46. The van der Waals surface area contributed by atoms with Crippen molar-refractivity contribution in [1.82, 2.24) is 9.21 Å². The van der Waals surface area contributed by atoms with Crippen LogP contribution < -0.4 is 0 Å². The van der Waals surface area contributed by atoms with Crippen LogP contribution in [0.3, 0.4) is 0 Å². The fourth-order valence-corrected chi connectivity index (χ4v) is 5.11. The van der Waals surface area contributed by atoms with Gasteiger partial charge in [0.2, 0.25) is 10.0 Å². The highest BCUT2D eigenvalue weighted by Gasteiger charge is 2.29. The van der Waals surface area contributed by atoms with E-state index in [0.717, 1.165) is 18.4 Å². The highest BCUT2D eigenvalue weighted by atomic mass is 32.2. The summed E-state index contributed by atoms with van der Waals surface area (Å²) in [5.41, 5.74) is 0.728. The minimum atomic E-state index is -3.54. The third kappa shape index (κ3) is 5.75. The van der Waals surface area contributed by atoms with Crippen LogP contribution in [0.1, 0.15) is 49.5 Å². The Bertz CT molecular complexity index is 1040. The van der Waals surface area contributed by atoms with Gasteiger partial charge in [-0.25, -0.2) is 13.2 Å². The van der Waals surface area contributed by atoms with Gasteiger partial charge in [0.05, 0.1) is 10.5 Å². The molecule has 1 heterocycles. The quantitative estimate of drug-likeness (QED) is 0.594.